The number of benzene rings is 1. The summed E-state index contributed by atoms with van der Waals surface area (Å²) in [4.78, 5) is 12.9. The molecule has 36 heavy (non-hydrogen) atoms. The normalized spacial score (nSPS) is 17.9. The van der Waals surface area contributed by atoms with Crippen molar-refractivity contribution < 1.29 is 19.4 Å². The number of unbranched alkanes of at least 4 members (excludes halogenated alkanes) is 3. The SMILES string of the molecule is CCCCCC[Si](CC(O)CO)(OC(C)(C)C)C(C)(C)C(C)(C)[Si](O)(Cc1ccccc1)C(C)(C)C. The zero-order valence-electron chi connectivity index (χ0n) is 25.4. The molecule has 0 aromatic heterocycles. The Hall–Kier alpha value is -0.506. The third-order valence-electron chi connectivity index (χ3n) is 8.99. The Bertz CT molecular complexity index is 782. The van der Waals surface area contributed by atoms with Gasteiger partial charge in [0, 0.05) is 5.60 Å². The molecule has 3 unspecified atom stereocenters. The smallest absolute Gasteiger partial charge is 0.204 e. The number of aliphatic hydroxyl groups excluding tert-OH is 2. The van der Waals surface area contributed by atoms with Gasteiger partial charge in [-0.25, -0.2) is 0 Å². The largest absolute Gasteiger partial charge is 0.430 e. The van der Waals surface area contributed by atoms with E-state index in [2.05, 4.69) is 100 Å². The van der Waals surface area contributed by atoms with Gasteiger partial charge >= 0.3 is 0 Å². The van der Waals surface area contributed by atoms with Gasteiger partial charge in [0.2, 0.25) is 16.6 Å². The van der Waals surface area contributed by atoms with E-state index < -0.39 is 27.8 Å². The molecule has 0 aliphatic rings. The van der Waals surface area contributed by atoms with E-state index in [0.717, 1.165) is 25.3 Å². The first-order chi connectivity index (χ1) is 16.3. The van der Waals surface area contributed by atoms with Crippen LogP contribution >= 0.6 is 0 Å². The highest BCUT2D eigenvalue weighted by molar-refractivity contribution is 6.84. The van der Waals surface area contributed by atoms with Crippen LogP contribution in [-0.4, -0.2) is 50.0 Å². The summed E-state index contributed by atoms with van der Waals surface area (Å²) in [6, 6.07) is 12.5. The highest BCUT2D eigenvalue weighted by Crippen LogP contribution is 2.68. The zero-order chi connectivity index (χ0) is 28.1. The first-order valence-electron chi connectivity index (χ1n) is 14.1. The van der Waals surface area contributed by atoms with E-state index in [0.29, 0.717) is 12.1 Å². The number of rotatable bonds is 14. The highest BCUT2D eigenvalue weighted by Gasteiger charge is 2.67. The molecule has 0 spiro atoms. The topological polar surface area (TPSA) is 69.9 Å². The van der Waals surface area contributed by atoms with Crippen molar-refractivity contribution in [3.05, 3.63) is 35.9 Å². The molecule has 0 heterocycles. The van der Waals surface area contributed by atoms with Crippen LogP contribution in [0.25, 0.3) is 0 Å². The van der Waals surface area contributed by atoms with Gasteiger partial charge < -0.3 is 19.4 Å². The zero-order valence-corrected chi connectivity index (χ0v) is 27.4. The van der Waals surface area contributed by atoms with Crippen molar-refractivity contribution in [1.82, 2.24) is 0 Å². The Balaban J connectivity index is 3.79. The van der Waals surface area contributed by atoms with E-state index in [9.17, 15) is 15.0 Å². The minimum Gasteiger partial charge on any atom is -0.430 e. The summed E-state index contributed by atoms with van der Waals surface area (Å²) in [5.41, 5.74) is 0.785. The predicted molar refractivity (Wildman–Crippen MR) is 159 cm³/mol. The van der Waals surface area contributed by atoms with Gasteiger partial charge in [-0.3, -0.25) is 0 Å². The van der Waals surface area contributed by atoms with Crippen molar-refractivity contribution in [1.29, 1.82) is 0 Å². The van der Waals surface area contributed by atoms with E-state index in [1.807, 2.05) is 6.07 Å². The molecule has 6 heteroatoms. The van der Waals surface area contributed by atoms with Crippen LogP contribution in [0, 0.1) is 0 Å². The third-order valence-corrected chi connectivity index (χ3v) is 21.5. The summed E-state index contributed by atoms with van der Waals surface area (Å²) in [6.07, 6.45) is 3.70. The van der Waals surface area contributed by atoms with Crippen LogP contribution in [0.2, 0.25) is 27.2 Å². The monoisotopic (exact) mass is 538 g/mol. The molecule has 1 aromatic rings. The molecule has 4 nitrogen and oxygen atoms in total. The molecule has 0 bridgehead atoms. The van der Waals surface area contributed by atoms with Gasteiger partial charge in [0.1, 0.15) is 0 Å². The highest BCUT2D eigenvalue weighted by atomic mass is 28.4. The molecular formula is C30H58O4Si2. The molecule has 3 atom stereocenters. The molecule has 0 amide bonds. The van der Waals surface area contributed by atoms with Gasteiger partial charge in [-0.2, -0.15) is 0 Å². The summed E-state index contributed by atoms with van der Waals surface area (Å²) in [5, 5.41) is 19.7. The Morgan fingerprint density at radius 3 is 1.83 bits per heavy atom. The van der Waals surface area contributed by atoms with Crippen LogP contribution in [0.3, 0.4) is 0 Å². The maximum Gasteiger partial charge on any atom is 0.204 e. The molecule has 0 radical (unpaired) electrons. The lowest BCUT2D eigenvalue weighted by molar-refractivity contribution is 0.0737. The summed E-state index contributed by atoms with van der Waals surface area (Å²) < 4.78 is 7.17. The standard InChI is InChI=1S/C30H58O4Si2/c1-12-13-14-18-21-35(24-26(32)22-31,34-27(2,3)4)29(8,9)30(10,11)36(33,28(5,6)7)23-25-19-16-15-17-20-25/h15-17,19-20,26,31-33H,12-14,18,21-24H2,1-11H3. The van der Waals surface area contributed by atoms with E-state index in [4.69, 9.17) is 4.43 Å². The summed E-state index contributed by atoms with van der Waals surface area (Å²) in [7, 11) is -5.81. The van der Waals surface area contributed by atoms with Gasteiger partial charge in [-0.1, -0.05) is 111 Å². The first-order valence-corrected chi connectivity index (χ1v) is 18.5. The van der Waals surface area contributed by atoms with E-state index in [1.165, 1.54) is 12.0 Å². The van der Waals surface area contributed by atoms with Crippen LogP contribution in [-0.2, 0) is 10.5 Å². The average molecular weight is 539 g/mol. The van der Waals surface area contributed by atoms with Crippen molar-refractivity contribution in [3.63, 3.8) is 0 Å². The molecule has 0 aliphatic carbocycles. The lowest BCUT2D eigenvalue weighted by Crippen LogP contribution is -2.66. The van der Waals surface area contributed by atoms with Crippen molar-refractivity contribution in [3.8, 4) is 0 Å². The lowest BCUT2D eigenvalue weighted by atomic mass is 9.97. The Labute approximate surface area is 225 Å². The minimum atomic E-state index is -3.05. The Morgan fingerprint density at radius 1 is 0.833 bits per heavy atom. The fraction of sp³-hybridized carbons (Fsp3) is 0.800. The fourth-order valence-electron chi connectivity index (χ4n) is 6.16. The van der Waals surface area contributed by atoms with Crippen molar-refractivity contribution in [2.75, 3.05) is 6.61 Å². The molecule has 1 rings (SSSR count). The van der Waals surface area contributed by atoms with Gasteiger partial charge in [0.25, 0.3) is 0 Å². The number of hydrogen-bond donors (Lipinski definition) is 3. The quantitative estimate of drug-likeness (QED) is 0.167. The molecule has 0 fully saturated rings. The Kier molecular flexibility index (Phi) is 11.7. The van der Waals surface area contributed by atoms with Crippen LogP contribution in [0.4, 0.5) is 0 Å². The summed E-state index contributed by atoms with van der Waals surface area (Å²) in [6.45, 7) is 24.0. The van der Waals surface area contributed by atoms with Crippen LogP contribution in [0.5, 0.6) is 0 Å². The molecule has 0 aliphatic heterocycles. The third kappa shape index (κ3) is 7.54. The van der Waals surface area contributed by atoms with Crippen LogP contribution in [0.1, 0.15) is 107 Å². The van der Waals surface area contributed by atoms with Crippen molar-refractivity contribution in [2.45, 2.75) is 147 Å². The maximum absolute atomic E-state index is 12.9. The second-order valence-corrected chi connectivity index (χ2v) is 23.3. The van der Waals surface area contributed by atoms with E-state index >= 15 is 0 Å². The van der Waals surface area contributed by atoms with E-state index in [1.54, 1.807) is 0 Å². The molecule has 3 N–H and O–H groups in total. The molecule has 210 valence electrons. The van der Waals surface area contributed by atoms with E-state index in [-0.39, 0.29) is 22.3 Å². The van der Waals surface area contributed by atoms with Gasteiger partial charge in [0.15, 0.2) is 0 Å². The summed E-state index contributed by atoms with van der Waals surface area (Å²) in [5.74, 6) is 0. The fourth-order valence-corrected chi connectivity index (χ4v) is 18.0. The van der Waals surface area contributed by atoms with Crippen molar-refractivity contribution >= 4 is 16.6 Å². The molecular weight excluding hydrogens is 480 g/mol. The van der Waals surface area contributed by atoms with Gasteiger partial charge in [-0.15, -0.1) is 0 Å². The Morgan fingerprint density at radius 2 is 1.39 bits per heavy atom. The number of aliphatic hydroxyl groups is 2. The minimum absolute atomic E-state index is 0.265. The van der Waals surface area contributed by atoms with Crippen LogP contribution in [0.15, 0.2) is 30.3 Å². The molecule has 1 aromatic carbocycles. The average Bonchev–Trinajstić information content (AvgIpc) is 2.74. The van der Waals surface area contributed by atoms with Gasteiger partial charge in [0.05, 0.1) is 12.7 Å². The number of hydrogen-bond acceptors (Lipinski definition) is 4. The molecule has 0 saturated heterocycles. The van der Waals surface area contributed by atoms with Crippen LogP contribution < -0.4 is 0 Å². The second-order valence-electron chi connectivity index (χ2n) is 14.1. The molecule has 0 saturated carbocycles. The van der Waals surface area contributed by atoms with Crippen molar-refractivity contribution in [2.24, 2.45) is 0 Å². The predicted octanol–water partition coefficient (Wildman–Crippen LogP) is 7.76. The lowest BCUT2D eigenvalue weighted by Gasteiger charge is -2.62. The second kappa shape index (κ2) is 12.6. The first kappa shape index (κ1) is 33.5. The van der Waals surface area contributed by atoms with Gasteiger partial charge in [-0.05, 0) is 59.6 Å². The maximum atomic E-state index is 12.9. The summed E-state index contributed by atoms with van der Waals surface area (Å²) >= 11 is 0.